The summed E-state index contributed by atoms with van der Waals surface area (Å²) >= 11 is 12.5. The Hall–Kier alpha value is -4.05. The number of methoxy groups -OCH3 is 1. The first-order valence-electron chi connectivity index (χ1n) is 14.8. The van der Waals surface area contributed by atoms with E-state index < -0.39 is 28.5 Å². The molecule has 4 aromatic rings. The molecule has 1 unspecified atom stereocenters. The van der Waals surface area contributed by atoms with E-state index in [4.69, 9.17) is 27.9 Å². The second-order valence-corrected chi connectivity index (χ2v) is 13.5. The number of halogens is 2. The Bertz CT molecular complexity index is 1750. The van der Waals surface area contributed by atoms with Crippen LogP contribution < -0.4 is 14.4 Å². The van der Waals surface area contributed by atoms with Gasteiger partial charge in [0.25, 0.3) is 10.0 Å². The van der Waals surface area contributed by atoms with E-state index in [0.29, 0.717) is 24.3 Å². The first-order chi connectivity index (χ1) is 22.0. The van der Waals surface area contributed by atoms with E-state index in [-0.39, 0.29) is 39.5 Å². The predicted molar refractivity (Wildman–Crippen MR) is 183 cm³/mol. The van der Waals surface area contributed by atoms with Crippen LogP contribution in [0, 0.1) is 6.92 Å². The van der Waals surface area contributed by atoms with Crippen LogP contribution in [0.4, 0.5) is 5.69 Å². The minimum atomic E-state index is -4.27. The molecule has 0 aliphatic heterocycles. The van der Waals surface area contributed by atoms with Crippen LogP contribution in [0.5, 0.6) is 5.75 Å². The number of hydrogen-bond acceptors (Lipinski definition) is 5. The summed E-state index contributed by atoms with van der Waals surface area (Å²) < 4.78 is 34.7. The number of carbonyl (C=O) groups excluding carboxylic acids is 2. The lowest BCUT2D eigenvalue weighted by Gasteiger charge is -2.34. The molecule has 0 heterocycles. The van der Waals surface area contributed by atoms with Crippen molar-refractivity contribution < 1.29 is 22.7 Å². The Labute approximate surface area is 280 Å². The van der Waals surface area contributed by atoms with Crippen LogP contribution in [-0.2, 0) is 32.6 Å². The third-order valence-corrected chi connectivity index (χ3v) is 9.91. The molecule has 8 nitrogen and oxygen atoms in total. The van der Waals surface area contributed by atoms with Gasteiger partial charge in [-0.2, -0.15) is 0 Å². The number of sulfonamides is 1. The summed E-state index contributed by atoms with van der Waals surface area (Å²) in [6.07, 6.45) is 0.914. The second kappa shape index (κ2) is 16.0. The molecule has 0 aliphatic rings. The molecule has 0 radical (unpaired) electrons. The number of benzene rings is 4. The number of hydrogen-bond donors (Lipinski definition) is 1. The minimum Gasteiger partial charge on any atom is -0.497 e. The van der Waals surface area contributed by atoms with Gasteiger partial charge in [0.15, 0.2) is 0 Å². The lowest BCUT2D eigenvalue weighted by atomic mass is 10.0. The Morgan fingerprint density at radius 3 is 2.22 bits per heavy atom. The van der Waals surface area contributed by atoms with Crippen molar-refractivity contribution in [2.24, 2.45) is 0 Å². The molecule has 0 fully saturated rings. The SMILES string of the molecule is CCCNC(=O)C(Cc1ccccc1)N(Cc1cccc(OC)c1)C(=O)CN(c1ccc(Cl)c(Cl)c1)S(=O)(=O)c1ccc(C)cc1. The minimum absolute atomic E-state index is 0.00200. The smallest absolute Gasteiger partial charge is 0.264 e. The van der Waals surface area contributed by atoms with E-state index in [1.165, 1.54) is 35.2 Å². The van der Waals surface area contributed by atoms with Gasteiger partial charge in [-0.05, 0) is 66.9 Å². The lowest BCUT2D eigenvalue weighted by molar-refractivity contribution is -0.140. The molecule has 0 spiro atoms. The van der Waals surface area contributed by atoms with Crippen LogP contribution in [0.2, 0.25) is 10.0 Å². The number of nitrogens with one attached hydrogen (secondary N) is 1. The highest BCUT2D eigenvalue weighted by Gasteiger charge is 2.34. The lowest BCUT2D eigenvalue weighted by Crippen LogP contribution is -2.53. The van der Waals surface area contributed by atoms with E-state index in [2.05, 4.69) is 5.32 Å². The zero-order valence-electron chi connectivity index (χ0n) is 26.0. The van der Waals surface area contributed by atoms with Crippen molar-refractivity contribution in [3.05, 3.63) is 124 Å². The summed E-state index contributed by atoms with van der Waals surface area (Å²) in [6.45, 7) is 3.63. The third-order valence-electron chi connectivity index (χ3n) is 7.39. The summed E-state index contributed by atoms with van der Waals surface area (Å²) in [5.74, 6) is -0.346. The van der Waals surface area contributed by atoms with Crippen molar-refractivity contribution in [3.8, 4) is 5.75 Å². The maximum absolute atomic E-state index is 14.5. The monoisotopic (exact) mass is 681 g/mol. The van der Waals surface area contributed by atoms with Crippen LogP contribution in [-0.4, -0.2) is 51.4 Å². The van der Waals surface area contributed by atoms with Gasteiger partial charge in [0.05, 0.1) is 27.7 Å². The van der Waals surface area contributed by atoms with Crippen LogP contribution in [0.1, 0.15) is 30.0 Å². The summed E-state index contributed by atoms with van der Waals surface area (Å²) in [7, 11) is -2.72. The zero-order valence-corrected chi connectivity index (χ0v) is 28.3. The standard InChI is InChI=1S/C35H37Cl2N3O5S/c1-4-19-38-35(42)33(21-26-9-6-5-7-10-26)39(23-27-11-8-12-29(20-27)45-3)34(41)24-40(28-15-18-31(36)32(37)22-28)46(43,44)30-16-13-25(2)14-17-30/h5-18,20,22,33H,4,19,21,23-24H2,1-3H3,(H,38,42). The fourth-order valence-corrected chi connectivity index (χ4v) is 6.59. The Morgan fingerprint density at radius 1 is 0.870 bits per heavy atom. The van der Waals surface area contributed by atoms with Crippen molar-refractivity contribution >= 4 is 50.7 Å². The van der Waals surface area contributed by atoms with E-state index >= 15 is 0 Å². The van der Waals surface area contributed by atoms with Crippen LogP contribution >= 0.6 is 23.2 Å². The first-order valence-corrected chi connectivity index (χ1v) is 17.0. The molecule has 11 heteroatoms. The number of carbonyl (C=O) groups is 2. The third kappa shape index (κ3) is 8.81. The van der Waals surface area contributed by atoms with Gasteiger partial charge in [-0.3, -0.25) is 13.9 Å². The van der Waals surface area contributed by atoms with Gasteiger partial charge in [0.1, 0.15) is 18.3 Å². The van der Waals surface area contributed by atoms with Gasteiger partial charge in [-0.1, -0.05) is 90.3 Å². The molecule has 46 heavy (non-hydrogen) atoms. The van der Waals surface area contributed by atoms with Crippen molar-refractivity contribution in [2.75, 3.05) is 24.5 Å². The van der Waals surface area contributed by atoms with Crippen LogP contribution in [0.15, 0.2) is 102 Å². The van der Waals surface area contributed by atoms with Crippen molar-refractivity contribution in [2.45, 2.75) is 44.2 Å². The molecule has 0 bridgehead atoms. The van der Waals surface area contributed by atoms with E-state index in [0.717, 1.165) is 15.4 Å². The average Bonchev–Trinajstić information content (AvgIpc) is 3.06. The molecular formula is C35H37Cl2N3O5S. The zero-order chi connectivity index (χ0) is 33.3. The van der Waals surface area contributed by atoms with Gasteiger partial charge in [0, 0.05) is 19.5 Å². The molecular weight excluding hydrogens is 645 g/mol. The summed E-state index contributed by atoms with van der Waals surface area (Å²) in [4.78, 5) is 29.7. The summed E-state index contributed by atoms with van der Waals surface area (Å²) in [5, 5.41) is 3.30. The number of nitrogens with zero attached hydrogens (tertiary/aromatic N) is 2. The van der Waals surface area contributed by atoms with Gasteiger partial charge in [-0.25, -0.2) is 8.42 Å². The molecule has 1 N–H and O–H groups in total. The average molecular weight is 683 g/mol. The fraction of sp³-hybridized carbons (Fsp3) is 0.257. The van der Waals surface area contributed by atoms with E-state index in [1.54, 1.807) is 37.4 Å². The van der Waals surface area contributed by atoms with Gasteiger partial charge < -0.3 is 15.0 Å². The molecule has 242 valence electrons. The van der Waals surface area contributed by atoms with Gasteiger partial charge in [-0.15, -0.1) is 0 Å². The molecule has 1 atom stereocenters. The Kier molecular flexibility index (Phi) is 12.1. The molecule has 2 amide bonds. The van der Waals surface area contributed by atoms with Crippen LogP contribution in [0.3, 0.4) is 0 Å². The maximum Gasteiger partial charge on any atom is 0.264 e. The Balaban J connectivity index is 1.82. The summed E-state index contributed by atoms with van der Waals surface area (Å²) in [5.41, 5.74) is 2.58. The highest BCUT2D eigenvalue weighted by molar-refractivity contribution is 7.92. The van der Waals surface area contributed by atoms with Gasteiger partial charge >= 0.3 is 0 Å². The highest BCUT2D eigenvalue weighted by Crippen LogP contribution is 2.31. The molecule has 0 aliphatic carbocycles. The number of rotatable bonds is 14. The molecule has 0 saturated carbocycles. The number of ether oxygens (including phenoxy) is 1. The number of anilines is 1. The second-order valence-electron chi connectivity index (χ2n) is 10.8. The van der Waals surface area contributed by atoms with Crippen LogP contribution in [0.25, 0.3) is 0 Å². The highest BCUT2D eigenvalue weighted by atomic mass is 35.5. The number of aryl methyl sites for hydroxylation is 1. The maximum atomic E-state index is 14.5. The largest absolute Gasteiger partial charge is 0.497 e. The van der Waals surface area contributed by atoms with Gasteiger partial charge in [0.2, 0.25) is 11.8 Å². The molecule has 0 saturated heterocycles. The summed E-state index contributed by atoms with van der Waals surface area (Å²) in [6, 6.07) is 26.3. The predicted octanol–water partition coefficient (Wildman–Crippen LogP) is 6.67. The van der Waals surface area contributed by atoms with E-state index in [1.807, 2.05) is 50.2 Å². The van der Waals surface area contributed by atoms with E-state index in [9.17, 15) is 18.0 Å². The first kappa shape index (κ1) is 34.8. The number of amides is 2. The van der Waals surface area contributed by atoms with Crippen molar-refractivity contribution in [1.82, 2.24) is 10.2 Å². The normalized spacial score (nSPS) is 11.8. The quantitative estimate of drug-likeness (QED) is 0.160. The molecule has 0 aromatic heterocycles. The fourth-order valence-electron chi connectivity index (χ4n) is 4.89. The van der Waals surface area contributed by atoms with Crippen molar-refractivity contribution in [3.63, 3.8) is 0 Å². The molecule has 4 rings (SSSR count). The molecule has 4 aromatic carbocycles. The van der Waals surface area contributed by atoms with Crippen molar-refractivity contribution in [1.29, 1.82) is 0 Å². The Morgan fingerprint density at radius 2 is 1.57 bits per heavy atom. The topological polar surface area (TPSA) is 96.0 Å².